The first-order valence-corrected chi connectivity index (χ1v) is 12.3. The number of rotatable bonds is 10. The normalized spacial score (nSPS) is 13.0. The van der Waals surface area contributed by atoms with Gasteiger partial charge in [0.1, 0.15) is 9.84 Å². The Morgan fingerprint density at radius 1 is 1.33 bits per heavy atom. The quantitative estimate of drug-likeness (QED) is 0.383. The Balaban J connectivity index is 2.29. The minimum Gasteiger partial charge on any atom is -0.493 e. The zero-order chi connectivity index (χ0) is 24.2. The molecule has 1 aromatic carbocycles. The lowest BCUT2D eigenvalue weighted by atomic mass is 10.1. The summed E-state index contributed by atoms with van der Waals surface area (Å²) in [5, 5.41) is 10.6. The van der Waals surface area contributed by atoms with Crippen LogP contribution in [0.5, 0.6) is 11.5 Å². The third kappa shape index (κ3) is 5.08. The summed E-state index contributed by atoms with van der Waals surface area (Å²) in [6, 6.07) is 5.87. The van der Waals surface area contributed by atoms with Gasteiger partial charge < -0.3 is 25.2 Å². The van der Waals surface area contributed by atoms with Gasteiger partial charge in [0.25, 0.3) is 0 Å². The predicted molar refractivity (Wildman–Crippen MR) is 128 cm³/mol. The van der Waals surface area contributed by atoms with E-state index < -0.39 is 21.6 Å². The molecule has 3 N–H and O–H groups in total. The van der Waals surface area contributed by atoms with Gasteiger partial charge >= 0.3 is 5.69 Å². The fourth-order valence-corrected chi connectivity index (χ4v) is 4.59. The highest BCUT2D eigenvalue weighted by molar-refractivity contribution is 7.90. The Morgan fingerprint density at radius 2 is 2.09 bits per heavy atom. The van der Waals surface area contributed by atoms with Gasteiger partial charge in [-0.2, -0.15) is 0 Å². The number of hydrogen-bond acceptors (Lipinski definition) is 8. The first-order valence-electron chi connectivity index (χ1n) is 10.2. The van der Waals surface area contributed by atoms with Gasteiger partial charge in [0, 0.05) is 43.1 Å². The van der Waals surface area contributed by atoms with Crippen molar-refractivity contribution in [3.63, 3.8) is 0 Å². The highest BCUT2D eigenvalue weighted by Crippen LogP contribution is 2.33. The molecule has 0 bridgehead atoms. The first kappa shape index (κ1) is 24.1. The molecule has 0 fully saturated rings. The van der Waals surface area contributed by atoms with E-state index in [-0.39, 0.29) is 11.4 Å². The summed E-state index contributed by atoms with van der Waals surface area (Å²) in [7, 11) is -0.274. The van der Waals surface area contributed by atoms with Crippen molar-refractivity contribution in [1.29, 1.82) is 5.41 Å². The van der Waals surface area contributed by atoms with Crippen molar-refractivity contribution in [2.45, 2.75) is 13.0 Å². The number of nitrogens with zero attached hydrogens (tertiary/aromatic N) is 2. The van der Waals surface area contributed by atoms with Crippen LogP contribution < -0.4 is 20.5 Å². The van der Waals surface area contributed by atoms with Gasteiger partial charge in [0.2, 0.25) is 0 Å². The molecule has 0 aliphatic carbocycles. The van der Waals surface area contributed by atoms with E-state index in [1.54, 1.807) is 37.5 Å². The van der Waals surface area contributed by atoms with Gasteiger partial charge in [-0.15, -0.1) is 0 Å². The Labute approximate surface area is 191 Å². The molecule has 176 valence electrons. The second kappa shape index (κ2) is 9.90. The van der Waals surface area contributed by atoms with Crippen molar-refractivity contribution in [3.05, 3.63) is 58.3 Å². The standard InChI is InChI=1S/C22H27N5O5S/c1-5-32-19-10-14(6-7-18(19)31-3)17(13-33(4,29)30)27-21-20(26-22(27)28)16(8-9-25-21)15(11-23)12-24-2/h6-12,17,23-24H,5,13H2,1-4H3,(H,26,28)/b15-12+,23-11?. The Morgan fingerprint density at radius 3 is 2.70 bits per heavy atom. The molecule has 3 rings (SSSR count). The Kier molecular flexibility index (Phi) is 7.22. The van der Waals surface area contributed by atoms with Crippen molar-refractivity contribution in [3.8, 4) is 11.5 Å². The number of sulfone groups is 1. The maximum absolute atomic E-state index is 13.1. The molecule has 10 nitrogen and oxygen atoms in total. The molecule has 0 spiro atoms. The summed E-state index contributed by atoms with van der Waals surface area (Å²) in [6.45, 7) is 2.22. The molecule has 0 aliphatic rings. The maximum atomic E-state index is 13.1. The van der Waals surface area contributed by atoms with E-state index >= 15 is 0 Å². The summed E-state index contributed by atoms with van der Waals surface area (Å²) < 4.78 is 37.0. The van der Waals surface area contributed by atoms with Crippen LogP contribution in [0.15, 0.2) is 41.5 Å². The summed E-state index contributed by atoms with van der Waals surface area (Å²) in [5.74, 6) is 0.617. The molecule has 1 unspecified atom stereocenters. The number of aromatic amines is 1. The van der Waals surface area contributed by atoms with Crippen molar-refractivity contribution in [2.24, 2.45) is 0 Å². The maximum Gasteiger partial charge on any atom is 0.328 e. The van der Waals surface area contributed by atoms with Gasteiger partial charge in [0.15, 0.2) is 17.1 Å². The fraction of sp³-hybridized carbons (Fsp3) is 0.318. The first-order chi connectivity index (χ1) is 15.7. The van der Waals surface area contributed by atoms with E-state index in [0.717, 1.165) is 12.5 Å². The van der Waals surface area contributed by atoms with Crippen molar-refractivity contribution in [1.82, 2.24) is 19.9 Å². The van der Waals surface area contributed by atoms with Crippen molar-refractivity contribution < 1.29 is 17.9 Å². The van der Waals surface area contributed by atoms with Crippen LogP contribution in [-0.2, 0) is 9.84 Å². The molecule has 11 heteroatoms. The molecular formula is C22H27N5O5S. The van der Waals surface area contributed by atoms with Crippen LogP contribution in [-0.4, -0.2) is 61.9 Å². The van der Waals surface area contributed by atoms with Crippen LogP contribution in [0.25, 0.3) is 16.7 Å². The number of hydrogen-bond donors (Lipinski definition) is 3. The molecule has 0 amide bonds. The third-order valence-corrected chi connectivity index (χ3v) is 5.94. The number of fused-ring (bicyclic) bond motifs is 1. The Bertz CT molecular complexity index is 1360. The predicted octanol–water partition coefficient (Wildman–Crippen LogP) is 1.98. The van der Waals surface area contributed by atoms with Crippen molar-refractivity contribution >= 4 is 32.8 Å². The molecule has 0 aliphatic heterocycles. The van der Waals surface area contributed by atoms with Gasteiger partial charge in [-0.25, -0.2) is 18.2 Å². The lowest BCUT2D eigenvalue weighted by Gasteiger charge is -2.20. The highest BCUT2D eigenvalue weighted by atomic mass is 32.2. The monoisotopic (exact) mass is 473 g/mol. The smallest absolute Gasteiger partial charge is 0.328 e. The zero-order valence-corrected chi connectivity index (χ0v) is 19.7. The average molecular weight is 474 g/mol. The van der Waals surface area contributed by atoms with E-state index in [0.29, 0.717) is 40.3 Å². The summed E-state index contributed by atoms with van der Waals surface area (Å²) in [4.78, 5) is 20.3. The minimum absolute atomic E-state index is 0.281. The molecule has 2 aromatic heterocycles. The number of benzene rings is 1. The van der Waals surface area contributed by atoms with E-state index in [1.807, 2.05) is 6.92 Å². The van der Waals surface area contributed by atoms with Crippen LogP contribution in [0.4, 0.5) is 0 Å². The topological polar surface area (TPSA) is 139 Å². The third-order valence-electron chi connectivity index (χ3n) is 5.02. The second-order valence-electron chi connectivity index (χ2n) is 7.34. The molecule has 33 heavy (non-hydrogen) atoms. The number of aromatic nitrogens is 3. The summed E-state index contributed by atoms with van der Waals surface area (Å²) in [6.07, 6.45) is 5.43. The van der Waals surface area contributed by atoms with Crippen LogP contribution in [0.3, 0.4) is 0 Å². The number of allylic oxidation sites excluding steroid dienone is 1. The molecule has 3 aromatic rings. The number of H-pyrrole nitrogens is 1. The zero-order valence-electron chi connectivity index (χ0n) is 18.9. The number of ether oxygens (including phenoxy) is 2. The van der Waals surface area contributed by atoms with Crippen LogP contribution in [0, 0.1) is 5.41 Å². The lowest BCUT2D eigenvalue weighted by molar-refractivity contribution is 0.310. The fourth-order valence-electron chi connectivity index (χ4n) is 3.68. The molecule has 0 radical (unpaired) electrons. The number of methoxy groups -OCH3 is 1. The molecular weight excluding hydrogens is 446 g/mol. The van der Waals surface area contributed by atoms with Crippen LogP contribution >= 0.6 is 0 Å². The Hall–Kier alpha value is -3.60. The lowest BCUT2D eigenvalue weighted by Crippen LogP contribution is -2.28. The molecule has 2 heterocycles. The minimum atomic E-state index is -3.49. The van der Waals surface area contributed by atoms with Gasteiger partial charge in [-0.05, 0) is 30.7 Å². The summed E-state index contributed by atoms with van der Waals surface area (Å²) in [5.41, 5.74) is 1.84. The van der Waals surface area contributed by atoms with Crippen LogP contribution in [0.1, 0.15) is 24.1 Å². The number of imidazole rings is 1. The van der Waals surface area contributed by atoms with E-state index in [2.05, 4.69) is 15.3 Å². The van der Waals surface area contributed by atoms with Crippen molar-refractivity contribution in [2.75, 3.05) is 32.8 Å². The summed E-state index contributed by atoms with van der Waals surface area (Å²) >= 11 is 0. The number of pyridine rings is 1. The van der Waals surface area contributed by atoms with Crippen LogP contribution in [0.2, 0.25) is 0 Å². The van der Waals surface area contributed by atoms with E-state index in [1.165, 1.54) is 17.9 Å². The van der Waals surface area contributed by atoms with E-state index in [4.69, 9.17) is 14.9 Å². The second-order valence-corrected chi connectivity index (χ2v) is 9.53. The average Bonchev–Trinajstić information content (AvgIpc) is 3.11. The highest BCUT2D eigenvalue weighted by Gasteiger charge is 2.26. The van der Waals surface area contributed by atoms with Gasteiger partial charge in [0.05, 0.1) is 31.0 Å². The van der Waals surface area contributed by atoms with Gasteiger partial charge in [-0.1, -0.05) is 6.07 Å². The number of nitrogens with one attached hydrogen (secondary N) is 3. The van der Waals surface area contributed by atoms with Gasteiger partial charge in [-0.3, -0.25) is 4.57 Å². The SMILES string of the molecule is CCOc1cc(C(CS(C)(=O)=O)n2c(=O)[nH]c3c(/C(C=N)=C/NC)ccnc32)ccc1OC. The molecule has 0 saturated carbocycles. The molecule has 0 saturated heterocycles. The molecule has 1 atom stereocenters. The largest absolute Gasteiger partial charge is 0.493 e. The van der Waals surface area contributed by atoms with E-state index in [9.17, 15) is 13.2 Å².